The SMILES string of the molecule is Cc1ccc(C(N)C(=O)NCCCNC(=O)C2CCC2)cc1. The Morgan fingerprint density at radius 3 is 2.41 bits per heavy atom. The van der Waals surface area contributed by atoms with E-state index in [-0.39, 0.29) is 17.7 Å². The van der Waals surface area contributed by atoms with E-state index in [1.807, 2.05) is 31.2 Å². The van der Waals surface area contributed by atoms with E-state index < -0.39 is 6.04 Å². The first-order valence-corrected chi connectivity index (χ1v) is 7.95. The summed E-state index contributed by atoms with van der Waals surface area (Å²) in [7, 11) is 0. The molecule has 120 valence electrons. The van der Waals surface area contributed by atoms with Crippen LogP contribution in [0.25, 0.3) is 0 Å². The van der Waals surface area contributed by atoms with Gasteiger partial charge in [-0.25, -0.2) is 0 Å². The van der Waals surface area contributed by atoms with E-state index in [0.717, 1.165) is 30.4 Å². The third-order valence-corrected chi connectivity index (χ3v) is 4.15. The van der Waals surface area contributed by atoms with Crippen molar-refractivity contribution < 1.29 is 9.59 Å². The highest BCUT2D eigenvalue weighted by molar-refractivity contribution is 5.83. The summed E-state index contributed by atoms with van der Waals surface area (Å²) < 4.78 is 0. The summed E-state index contributed by atoms with van der Waals surface area (Å²) in [5, 5.41) is 5.72. The zero-order valence-electron chi connectivity index (χ0n) is 13.1. The lowest BCUT2D eigenvalue weighted by atomic mass is 9.85. The summed E-state index contributed by atoms with van der Waals surface area (Å²) in [6.07, 6.45) is 3.89. The summed E-state index contributed by atoms with van der Waals surface area (Å²) in [6.45, 7) is 3.10. The molecule has 2 amide bonds. The molecule has 1 saturated carbocycles. The van der Waals surface area contributed by atoms with Gasteiger partial charge in [-0.3, -0.25) is 9.59 Å². The molecule has 5 heteroatoms. The topological polar surface area (TPSA) is 84.2 Å². The van der Waals surface area contributed by atoms with Gasteiger partial charge in [0.05, 0.1) is 0 Å². The van der Waals surface area contributed by atoms with Crippen molar-refractivity contribution in [1.82, 2.24) is 10.6 Å². The molecule has 0 heterocycles. The minimum Gasteiger partial charge on any atom is -0.356 e. The van der Waals surface area contributed by atoms with Gasteiger partial charge in [0, 0.05) is 19.0 Å². The lowest BCUT2D eigenvalue weighted by Gasteiger charge is -2.24. The first-order chi connectivity index (χ1) is 10.6. The van der Waals surface area contributed by atoms with Gasteiger partial charge in [0.2, 0.25) is 11.8 Å². The van der Waals surface area contributed by atoms with Crippen molar-refractivity contribution in [2.24, 2.45) is 11.7 Å². The first kappa shape index (κ1) is 16.5. The molecular weight excluding hydrogens is 278 g/mol. The Labute approximate surface area is 131 Å². The normalized spacial score (nSPS) is 15.7. The van der Waals surface area contributed by atoms with Crippen molar-refractivity contribution in [3.63, 3.8) is 0 Å². The average molecular weight is 303 g/mol. The van der Waals surface area contributed by atoms with Crippen molar-refractivity contribution in [3.05, 3.63) is 35.4 Å². The van der Waals surface area contributed by atoms with Gasteiger partial charge in [-0.1, -0.05) is 36.2 Å². The Morgan fingerprint density at radius 1 is 1.18 bits per heavy atom. The summed E-state index contributed by atoms with van der Waals surface area (Å²) in [5.74, 6) is 0.174. The molecule has 1 aliphatic carbocycles. The van der Waals surface area contributed by atoms with Crippen LogP contribution in [-0.2, 0) is 9.59 Å². The fourth-order valence-corrected chi connectivity index (χ4v) is 2.36. The number of carbonyl (C=O) groups excluding carboxylic acids is 2. The van der Waals surface area contributed by atoms with E-state index in [2.05, 4.69) is 10.6 Å². The molecule has 2 rings (SSSR count). The van der Waals surface area contributed by atoms with Crippen molar-refractivity contribution >= 4 is 11.8 Å². The van der Waals surface area contributed by atoms with Crippen LogP contribution >= 0.6 is 0 Å². The molecule has 0 aliphatic heterocycles. The molecule has 0 radical (unpaired) electrons. The summed E-state index contributed by atoms with van der Waals surface area (Å²) in [4.78, 5) is 23.6. The van der Waals surface area contributed by atoms with Gasteiger partial charge in [-0.05, 0) is 31.7 Å². The maximum absolute atomic E-state index is 12.0. The van der Waals surface area contributed by atoms with Crippen LogP contribution in [0.15, 0.2) is 24.3 Å². The molecule has 0 spiro atoms. The van der Waals surface area contributed by atoms with Crippen LogP contribution in [0.2, 0.25) is 0 Å². The number of amides is 2. The van der Waals surface area contributed by atoms with Gasteiger partial charge in [-0.2, -0.15) is 0 Å². The average Bonchev–Trinajstić information content (AvgIpc) is 2.45. The highest BCUT2D eigenvalue weighted by atomic mass is 16.2. The number of aryl methyl sites for hydroxylation is 1. The number of rotatable bonds is 7. The zero-order valence-corrected chi connectivity index (χ0v) is 13.1. The minimum absolute atomic E-state index is 0.147. The summed E-state index contributed by atoms with van der Waals surface area (Å²) in [5.41, 5.74) is 7.88. The van der Waals surface area contributed by atoms with Crippen LogP contribution in [0, 0.1) is 12.8 Å². The van der Waals surface area contributed by atoms with Gasteiger partial charge in [0.1, 0.15) is 6.04 Å². The second kappa shape index (κ2) is 7.94. The number of carbonyl (C=O) groups is 2. The van der Waals surface area contributed by atoms with Gasteiger partial charge >= 0.3 is 0 Å². The maximum Gasteiger partial charge on any atom is 0.241 e. The van der Waals surface area contributed by atoms with Gasteiger partial charge in [0.25, 0.3) is 0 Å². The zero-order chi connectivity index (χ0) is 15.9. The van der Waals surface area contributed by atoms with Gasteiger partial charge in [-0.15, -0.1) is 0 Å². The number of nitrogens with two attached hydrogens (primary N) is 1. The van der Waals surface area contributed by atoms with Crippen LogP contribution in [0.4, 0.5) is 0 Å². The number of benzene rings is 1. The predicted molar refractivity (Wildman–Crippen MR) is 86.1 cm³/mol. The van der Waals surface area contributed by atoms with Gasteiger partial charge in [0.15, 0.2) is 0 Å². The van der Waals surface area contributed by atoms with Crippen molar-refractivity contribution in [3.8, 4) is 0 Å². The van der Waals surface area contributed by atoms with Crippen LogP contribution < -0.4 is 16.4 Å². The molecule has 22 heavy (non-hydrogen) atoms. The fourth-order valence-electron chi connectivity index (χ4n) is 2.36. The maximum atomic E-state index is 12.0. The Hall–Kier alpha value is -1.88. The quantitative estimate of drug-likeness (QED) is 0.666. The molecular formula is C17H25N3O2. The predicted octanol–water partition coefficient (Wildman–Crippen LogP) is 1.42. The molecule has 0 aromatic heterocycles. The van der Waals surface area contributed by atoms with E-state index in [1.165, 1.54) is 0 Å². The minimum atomic E-state index is -0.648. The van der Waals surface area contributed by atoms with E-state index in [4.69, 9.17) is 5.73 Å². The molecule has 0 bridgehead atoms. The fraction of sp³-hybridized carbons (Fsp3) is 0.529. The molecule has 1 aliphatic rings. The van der Waals surface area contributed by atoms with Crippen molar-refractivity contribution in [2.75, 3.05) is 13.1 Å². The van der Waals surface area contributed by atoms with E-state index in [0.29, 0.717) is 19.5 Å². The standard InChI is InChI=1S/C17H25N3O2/c1-12-6-8-13(9-7-12)15(18)17(22)20-11-3-10-19-16(21)14-4-2-5-14/h6-9,14-15H,2-5,10-11,18H2,1H3,(H,19,21)(H,20,22). The van der Waals surface area contributed by atoms with E-state index in [1.54, 1.807) is 0 Å². The monoisotopic (exact) mass is 303 g/mol. The van der Waals surface area contributed by atoms with Crippen molar-refractivity contribution in [1.29, 1.82) is 0 Å². The van der Waals surface area contributed by atoms with Gasteiger partial charge < -0.3 is 16.4 Å². The molecule has 1 atom stereocenters. The molecule has 0 saturated heterocycles. The molecule has 1 unspecified atom stereocenters. The Bertz CT molecular complexity index is 509. The molecule has 1 aromatic carbocycles. The Morgan fingerprint density at radius 2 is 1.82 bits per heavy atom. The molecule has 1 aromatic rings. The van der Waals surface area contributed by atoms with Crippen LogP contribution in [0.1, 0.15) is 42.9 Å². The highest BCUT2D eigenvalue weighted by Crippen LogP contribution is 2.25. The summed E-state index contributed by atoms with van der Waals surface area (Å²) in [6, 6.07) is 6.98. The molecule has 1 fully saturated rings. The largest absolute Gasteiger partial charge is 0.356 e. The van der Waals surface area contributed by atoms with E-state index >= 15 is 0 Å². The Balaban J connectivity index is 1.62. The Kier molecular flexibility index (Phi) is 5.95. The third-order valence-electron chi connectivity index (χ3n) is 4.15. The molecule has 4 N–H and O–H groups in total. The second-order valence-corrected chi connectivity index (χ2v) is 5.95. The molecule has 5 nitrogen and oxygen atoms in total. The number of nitrogens with one attached hydrogen (secondary N) is 2. The first-order valence-electron chi connectivity index (χ1n) is 7.95. The lowest BCUT2D eigenvalue weighted by molar-refractivity contribution is -0.127. The lowest BCUT2D eigenvalue weighted by Crippen LogP contribution is -2.38. The van der Waals surface area contributed by atoms with Crippen LogP contribution in [0.3, 0.4) is 0 Å². The summed E-state index contributed by atoms with van der Waals surface area (Å²) >= 11 is 0. The van der Waals surface area contributed by atoms with Crippen LogP contribution in [0.5, 0.6) is 0 Å². The van der Waals surface area contributed by atoms with E-state index in [9.17, 15) is 9.59 Å². The highest BCUT2D eigenvalue weighted by Gasteiger charge is 2.24. The van der Waals surface area contributed by atoms with Crippen molar-refractivity contribution in [2.45, 2.75) is 38.6 Å². The van der Waals surface area contributed by atoms with Crippen LogP contribution in [-0.4, -0.2) is 24.9 Å². The number of hydrogen-bond acceptors (Lipinski definition) is 3. The number of hydrogen-bond donors (Lipinski definition) is 3. The second-order valence-electron chi connectivity index (χ2n) is 5.95. The third kappa shape index (κ3) is 4.56. The smallest absolute Gasteiger partial charge is 0.241 e.